The predicted molar refractivity (Wildman–Crippen MR) is 59.4 cm³/mol. The second kappa shape index (κ2) is 4.14. The van der Waals surface area contributed by atoms with Gasteiger partial charge in [0.25, 0.3) is 0 Å². The number of aromatic nitrogens is 3. The van der Waals surface area contributed by atoms with E-state index in [0.717, 1.165) is 12.8 Å². The number of hydrogen-bond donors (Lipinski definition) is 1. The minimum absolute atomic E-state index is 0.247. The van der Waals surface area contributed by atoms with Gasteiger partial charge in [-0.15, -0.1) is 5.10 Å². The maximum Gasteiger partial charge on any atom is 0.155 e. The van der Waals surface area contributed by atoms with Crippen molar-refractivity contribution in [1.29, 1.82) is 0 Å². The van der Waals surface area contributed by atoms with E-state index in [9.17, 15) is 8.42 Å². The molecule has 0 amide bonds. The Morgan fingerprint density at radius 3 is 2.88 bits per heavy atom. The topological polar surface area (TPSA) is 90.9 Å². The third-order valence-corrected chi connectivity index (χ3v) is 5.43. The average molecular weight is 244 g/mol. The molecule has 0 aromatic carbocycles. The molecule has 2 unspecified atom stereocenters. The van der Waals surface area contributed by atoms with Gasteiger partial charge in [0.05, 0.1) is 28.9 Å². The van der Waals surface area contributed by atoms with E-state index in [2.05, 4.69) is 10.3 Å². The highest BCUT2D eigenvalue weighted by molar-refractivity contribution is 7.92. The molecule has 1 fully saturated rings. The number of nitrogens with zero attached hydrogens (tertiary/aromatic N) is 3. The zero-order valence-corrected chi connectivity index (χ0v) is 10.0. The fourth-order valence-corrected chi connectivity index (χ4v) is 4.19. The van der Waals surface area contributed by atoms with Crippen LogP contribution in [0.3, 0.4) is 0 Å². The number of nitrogens with two attached hydrogens (primary N) is 1. The standard InChI is InChI=1S/C9H16N4O2S/c1-13-7(6-11-12-13)9(10)8-4-2-3-5-16(8,14)15/h6,8-9H,2-5,10H2,1H3. The second-order valence-electron chi connectivity index (χ2n) is 4.21. The molecule has 1 aromatic rings. The lowest BCUT2D eigenvalue weighted by atomic mass is 10.1. The molecule has 90 valence electrons. The minimum atomic E-state index is -3.06. The maximum atomic E-state index is 11.9. The van der Waals surface area contributed by atoms with Gasteiger partial charge in [-0.2, -0.15) is 0 Å². The summed E-state index contributed by atoms with van der Waals surface area (Å²) in [6.07, 6.45) is 3.83. The normalized spacial score (nSPS) is 26.5. The molecule has 1 aliphatic rings. The van der Waals surface area contributed by atoms with Gasteiger partial charge in [0.1, 0.15) is 0 Å². The van der Waals surface area contributed by atoms with Crippen LogP contribution in [0.1, 0.15) is 31.0 Å². The summed E-state index contributed by atoms with van der Waals surface area (Å²) < 4.78 is 25.3. The summed E-state index contributed by atoms with van der Waals surface area (Å²) in [4.78, 5) is 0. The summed E-state index contributed by atoms with van der Waals surface area (Å²) in [5.41, 5.74) is 6.69. The van der Waals surface area contributed by atoms with Crippen molar-refractivity contribution in [3.63, 3.8) is 0 Å². The molecule has 6 nitrogen and oxygen atoms in total. The van der Waals surface area contributed by atoms with E-state index >= 15 is 0 Å². The first kappa shape index (κ1) is 11.5. The molecule has 0 aliphatic carbocycles. The van der Waals surface area contributed by atoms with Gasteiger partial charge in [-0.25, -0.2) is 8.42 Å². The Balaban J connectivity index is 2.28. The largest absolute Gasteiger partial charge is 0.322 e. The zero-order chi connectivity index (χ0) is 11.8. The van der Waals surface area contributed by atoms with E-state index in [1.54, 1.807) is 7.05 Å². The van der Waals surface area contributed by atoms with E-state index in [4.69, 9.17) is 5.73 Å². The quantitative estimate of drug-likeness (QED) is 0.776. The van der Waals surface area contributed by atoms with Gasteiger partial charge in [0.2, 0.25) is 0 Å². The van der Waals surface area contributed by atoms with Gasteiger partial charge in [-0.05, 0) is 12.8 Å². The number of sulfone groups is 1. The summed E-state index contributed by atoms with van der Waals surface area (Å²) in [5.74, 6) is 0.247. The Labute approximate surface area is 94.7 Å². The lowest BCUT2D eigenvalue weighted by molar-refractivity contribution is 0.489. The number of rotatable bonds is 2. The van der Waals surface area contributed by atoms with Crippen molar-refractivity contribution in [3.05, 3.63) is 11.9 Å². The Morgan fingerprint density at radius 1 is 1.56 bits per heavy atom. The van der Waals surface area contributed by atoms with Crippen LogP contribution >= 0.6 is 0 Å². The van der Waals surface area contributed by atoms with Crippen molar-refractivity contribution < 1.29 is 8.42 Å². The van der Waals surface area contributed by atoms with Crippen molar-refractivity contribution in [2.75, 3.05) is 5.75 Å². The number of hydrogen-bond acceptors (Lipinski definition) is 5. The molecule has 16 heavy (non-hydrogen) atoms. The molecule has 2 atom stereocenters. The Kier molecular flexibility index (Phi) is 2.98. The van der Waals surface area contributed by atoms with E-state index in [1.807, 2.05) is 0 Å². The van der Waals surface area contributed by atoms with Crippen LogP contribution < -0.4 is 5.73 Å². The summed E-state index contributed by atoms with van der Waals surface area (Å²) >= 11 is 0. The molecule has 1 aliphatic heterocycles. The highest BCUT2D eigenvalue weighted by Crippen LogP contribution is 2.28. The second-order valence-corrected chi connectivity index (χ2v) is 6.55. The van der Waals surface area contributed by atoms with E-state index in [-0.39, 0.29) is 5.75 Å². The van der Waals surface area contributed by atoms with Crippen molar-refractivity contribution in [1.82, 2.24) is 15.0 Å². The van der Waals surface area contributed by atoms with Gasteiger partial charge >= 0.3 is 0 Å². The molecular weight excluding hydrogens is 228 g/mol. The van der Waals surface area contributed by atoms with E-state index in [1.165, 1.54) is 10.9 Å². The predicted octanol–water partition coefficient (Wildman–Crippen LogP) is -0.218. The number of aryl methyl sites for hydroxylation is 1. The van der Waals surface area contributed by atoms with Crippen molar-refractivity contribution in [2.24, 2.45) is 12.8 Å². The van der Waals surface area contributed by atoms with Crippen LogP contribution in [-0.4, -0.2) is 34.4 Å². The van der Waals surface area contributed by atoms with Gasteiger partial charge in [0, 0.05) is 7.05 Å². The van der Waals surface area contributed by atoms with Crippen LogP contribution in [0.2, 0.25) is 0 Å². The van der Waals surface area contributed by atoms with Crippen LogP contribution in [0.15, 0.2) is 6.20 Å². The fourth-order valence-electron chi connectivity index (χ4n) is 2.17. The Bertz CT molecular complexity index is 468. The SMILES string of the molecule is Cn1nncc1C(N)C1CCCCS1(=O)=O. The first-order valence-electron chi connectivity index (χ1n) is 5.34. The van der Waals surface area contributed by atoms with Gasteiger partial charge in [-0.3, -0.25) is 4.68 Å². The first-order chi connectivity index (χ1) is 7.52. The molecule has 0 spiro atoms. The molecule has 2 N–H and O–H groups in total. The Hall–Kier alpha value is -0.950. The maximum absolute atomic E-state index is 11.9. The molecule has 2 heterocycles. The van der Waals surface area contributed by atoms with Gasteiger partial charge in [-0.1, -0.05) is 11.6 Å². The smallest absolute Gasteiger partial charge is 0.155 e. The van der Waals surface area contributed by atoms with Crippen LogP contribution in [0.25, 0.3) is 0 Å². The molecule has 7 heteroatoms. The fraction of sp³-hybridized carbons (Fsp3) is 0.778. The third kappa shape index (κ3) is 1.97. The molecule has 0 saturated carbocycles. The van der Waals surface area contributed by atoms with Crippen LogP contribution in [0.5, 0.6) is 0 Å². The van der Waals surface area contributed by atoms with Gasteiger partial charge < -0.3 is 5.73 Å². The van der Waals surface area contributed by atoms with Crippen molar-refractivity contribution in [2.45, 2.75) is 30.6 Å². The first-order valence-corrected chi connectivity index (χ1v) is 7.05. The molecule has 0 bridgehead atoms. The molecule has 2 rings (SSSR count). The van der Waals surface area contributed by atoms with E-state index in [0.29, 0.717) is 12.1 Å². The Morgan fingerprint density at radius 2 is 2.31 bits per heavy atom. The minimum Gasteiger partial charge on any atom is -0.322 e. The summed E-state index contributed by atoms with van der Waals surface area (Å²) in [5, 5.41) is 7.01. The van der Waals surface area contributed by atoms with Crippen molar-refractivity contribution >= 4 is 9.84 Å². The van der Waals surface area contributed by atoms with Crippen molar-refractivity contribution in [3.8, 4) is 0 Å². The lowest BCUT2D eigenvalue weighted by Crippen LogP contribution is -2.38. The monoisotopic (exact) mass is 244 g/mol. The average Bonchev–Trinajstić information content (AvgIpc) is 2.63. The van der Waals surface area contributed by atoms with E-state index < -0.39 is 21.1 Å². The lowest BCUT2D eigenvalue weighted by Gasteiger charge is -2.27. The summed E-state index contributed by atoms with van der Waals surface area (Å²) in [7, 11) is -1.34. The third-order valence-electron chi connectivity index (χ3n) is 3.12. The molecular formula is C9H16N4O2S. The highest BCUT2D eigenvalue weighted by Gasteiger charge is 2.35. The molecule has 0 radical (unpaired) electrons. The van der Waals surface area contributed by atoms with Crippen LogP contribution in [0, 0.1) is 0 Å². The van der Waals surface area contributed by atoms with Crippen LogP contribution in [-0.2, 0) is 16.9 Å². The molecule has 1 saturated heterocycles. The molecule has 1 aromatic heterocycles. The zero-order valence-electron chi connectivity index (χ0n) is 9.20. The summed E-state index contributed by atoms with van der Waals surface area (Å²) in [6.45, 7) is 0. The summed E-state index contributed by atoms with van der Waals surface area (Å²) in [6, 6.07) is -0.523. The van der Waals surface area contributed by atoms with Crippen LogP contribution in [0.4, 0.5) is 0 Å². The van der Waals surface area contributed by atoms with Gasteiger partial charge in [0.15, 0.2) is 9.84 Å². The highest BCUT2D eigenvalue weighted by atomic mass is 32.2.